The van der Waals surface area contributed by atoms with Crippen LogP contribution >= 0.6 is 11.9 Å². The molecule has 0 bridgehead atoms. The molecule has 48 heavy (non-hydrogen) atoms. The first-order valence-corrected chi connectivity index (χ1v) is 16.8. The van der Waals surface area contributed by atoms with Gasteiger partial charge >= 0.3 is 6.18 Å². The van der Waals surface area contributed by atoms with Crippen LogP contribution in [-0.4, -0.2) is 57.2 Å². The average molecular weight is 681 g/mol. The highest BCUT2D eigenvalue weighted by molar-refractivity contribution is 7.97. The van der Waals surface area contributed by atoms with Crippen molar-refractivity contribution in [2.75, 3.05) is 30.0 Å². The Morgan fingerprint density at radius 3 is 2.54 bits per heavy atom. The average Bonchev–Trinajstić information content (AvgIpc) is 3.59. The second-order valence-electron chi connectivity index (χ2n) is 12.8. The Kier molecular flexibility index (Phi) is 9.57. The van der Waals surface area contributed by atoms with Crippen LogP contribution in [0.2, 0.25) is 0 Å². The van der Waals surface area contributed by atoms with Crippen LogP contribution in [0, 0.1) is 5.41 Å². The van der Waals surface area contributed by atoms with Crippen molar-refractivity contribution in [3.05, 3.63) is 84.1 Å². The third-order valence-electron chi connectivity index (χ3n) is 8.91. The fraction of sp³-hybridized carbons (Fsp3) is 0.412. The van der Waals surface area contributed by atoms with Crippen molar-refractivity contribution in [1.82, 2.24) is 29.8 Å². The Bertz CT molecular complexity index is 1730. The lowest BCUT2D eigenvalue weighted by molar-refractivity contribution is -0.190. The first-order chi connectivity index (χ1) is 23.0. The van der Waals surface area contributed by atoms with Crippen LogP contribution in [0.25, 0.3) is 5.82 Å². The van der Waals surface area contributed by atoms with Gasteiger partial charge < -0.3 is 15.0 Å². The molecule has 1 aliphatic carbocycles. The number of benzene rings is 1. The van der Waals surface area contributed by atoms with Gasteiger partial charge in [-0.1, -0.05) is 43.3 Å². The molecule has 4 aromatic rings. The number of hydrogen-bond donors (Lipinski definition) is 3. The van der Waals surface area contributed by atoms with Crippen LogP contribution in [0.3, 0.4) is 0 Å². The number of rotatable bonds is 13. The maximum absolute atomic E-state index is 13.6. The van der Waals surface area contributed by atoms with Crippen LogP contribution in [0.5, 0.6) is 5.88 Å². The number of pyridine rings is 2. The Labute approximate surface area is 282 Å². The van der Waals surface area contributed by atoms with Crippen molar-refractivity contribution in [3.63, 3.8) is 0 Å². The summed E-state index contributed by atoms with van der Waals surface area (Å²) < 4.78 is 49.9. The molecule has 0 spiro atoms. The SMILES string of the molecule is CCC(Nc1cccc(SNC(=O)c2ccc(-n3ccc(OCCC4(C(F)(F)F)CC4)n3)nc2N2CNCC2(C)C)n1)c1ccccc1. The zero-order valence-electron chi connectivity index (χ0n) is 27.1. The van der Waals surface area contributed by atoms with Crippen LogP contribution in [0.15, 0.2) is 78.0 Å². The minimum Gasteiger partial charge on any atom is -0.477 e. The number of amides is 1. The molecule has 254 valence electrons. The van der Waals surface area contributed by atoms with E-state index in [0.717, 1.165) is 18.4 Å². The Balaban J connectivity index is 1.15. The topological polar surface area (TPSA) is 109 Å². The second kappa shape index (κ2) is 13.7. The zero-order chi connectivity index (χ0) is 33.9. The Morgan fingerprint density at radius 1 is 1.06 bits per heavy atom. The highest BCUT2D eigenvalue weighted by atomic mass is 32.2. The molecule has 0 radical (unpaired) electrons. The van der Waals surface area contributed by atoms with Gasteiger partial charge in [0.15, 0.2) is 5.82 Å². The van der Waals surface area contributed by atoms with Crippen LogP contribution in [0.1, 0.15) is 68.4 Å². The fourth-order valence-electron chi connectivity index (χ4n) is 5.77. The van der Waals surface area contributed by atoms with Crippen LogP contribution in [0.4, 0.5) is 24.8 Å². The molecule has 1 saturated heterocycles. The van der Waals surface area contributed by atoms with Crippen molar-refractivity contribution in [3.8, 4) is 11.7 Å². The summed E-state index contributed by atoms with van der Waals surface area (Å²) >= 11 is 1.12. The standard InChI is InChI=1S/C34H39F3N8O2S/c1-4-25(23-9-6-5-7-10-23)39-26-11-8-12-29(40-26)48-43-31(46)24-13-14-27(41-30(24)44-22-38-21-32(44,2)3)45-19-15-28(42-45)47-20-18-33(16-17-33)34(35,36)37/h5-15,19,25,38H,4,16-18,20-22H2,1-3H3,(H,39,40)(H,43,46). The molecule has 1 amide bonds. The van der Waals surface area contributed by atoms with Gasteiger partial charge in [0, 0.05) is 36.3 Å². The van der Waals surface area contributed by atoms with Crippen molar-refractivity contribution < 1.29 is 22.7 Å². The van der Waals surface area contributed by atoms with E-state index in [1.807, 2.05) is 41.3 Å². The molecule has 3 aromatic heterocycles. The van der Waals surface area contributed by atoms with Gasteiger partial charge in [-0.2, -0.15) is 13.2 Å². The molecular weight excluding hydrogens is 641 g/mol. The van der Waals surface area contributed by atoms with Gasteiger partial charge in [0.1, 0.15) is 16.7 Å². The van der Waals surface area contributed by atoms with Crippen LogP contribution < -0.4 is 25.0 Å². The number of carbonyl (C=O) groups is 1. The third kappa shape index (κ3) is 7.39. The van der Waals surface area contributed by atoms with Crippen molar-refractivity contribution in [1.29, 1.82) is 0 Å². The van der Waals surface area contributed by atoms with Crippen LogP contribution in [-0.2, 0) is 0 Å². The summed E-state index contributed by atoms with van der Waals surface area (Å²) in [5.74, 6) is 1.48. The number of aromatic nitrogens is 4. The summed E-state index contributed by atoms with van der Waals surface area (Å²) in [4.78, 5) is 25.2. The number of alkyl halides is 3. The van der Waals surface area contributed by atoms with Gasteiger partial charge in [-0.05, 0) is 69.4 Å². The van der Waals surface area contributed by atoms with E-state index in [9.17, 15) is 18.0 Å². The summed E-state index contributed by atoms with van der Waals surface area (Å²) in [5, 5.41) is 11.8. The minimum absolute atomic E-state index is 0.0837. The van der Waals surface area contributed by atoms with E-state index < -0.39 is 11.6 Å². The molecule has 2 fully saturated rings. The predicted molar refractivity (Wildman–Crippen MR) is 179 cm³/mol. The number of ether oxygens (including phenoxy) is 1. The van der Waals surface area contributed by atoms with E-state index in [1.165, 1.54) is 10.2 Å². The summed E-state index contributed by atoms with van der Waals surface area (Å²) in [6.07, 6.45) is -1.55. The maximum Gasteiger partial charge on any atom is 0.394 e. The summed E-state index contributed by atoms with van der Waals surface area (Å²) in [6.45, 7) is 7.33. The summed E-state index contributed by atoms with van der Waals surface area (Å²) in [7, 11) is 0. The molecule has 2 aliphatic rings. The normalized spacial score (nSPS) is 17.2. The molecular formula is C34H39F3N8O2S. The molecule has 1 aliphatic heterocycles. The lowest BCUT2D eigenvalue weighted by Gasteiger charge is -2.32. The zero-order valence-corrected chi connectivity index (χ0v) is 27.9. The monoisotopic (exact) mass is 680 g/mol. The summed E-state index contributed by atoms with van der Waals surface area (Å²) in [5.41, 5.74) is -0.423. The molecule has 4 heterocycles. The second-order valence-corrected chi connectivity index (χ2v) is 13.6. The van der Waals surface area contributed by atoms with E-state index in [2.05, 4.69) is 53.4 Å². The maximum atomic E-state index is 13.6. The first-order valence-electron chi connectivity index (χ1n) is 16.0. The smallest absolute Gasteiger partial charge is 0.394 e. The quantitative estimate of drug-likeness (QED) is 0.130. The molecule has 1 saturated carbocycles. The van der Waals surface area contributed by atoms with Gasteiger partial charge in [0.2, 0.25) is 5.88 Å². The molecule has 10 nitrogen and oxygen atoms in total. The fourth-order valence-corrected chi connectivity index (χ4v) is 6.37. The molecule has 14 heteroatoms. The Morgan fingerprint density at radius 2 is 1.85 bits per heavy atom. The number of nitrogens with one attached hydrogen (secondary N) is 3. The third-order valence-corrected chi connectivity index (χ3v) is 9.63. The summed E-state index contributed by atoms with van der Waals surface area (Å²) in [6, 6.07) is 20.9. The van der Waals surface area contributed by atoms with Gasteiger partial charge in [-0.3, -0.25) is 14.8 Å². The molecule has 1 unspecified atom stereocenters. The number of hydrogen-bond acceptors (Lipinski definition) is 9. The lowest BCUT2D eigenvalue weighted by Crippen LogP contribution is -2.42. The minimum atomic E-state index is -4.22. The van der Waals surface area contributed by atoms with E-state index in [4.69, 9.17) is 14.7 Å². The van der Waals surface area contributed by atoms with E-state index in [-0.39, 0.29) is 49.2 Å². The number of nitrogens with zero attached hydrogens (tertiary/aromatic N) is 5. The van der Waals surface area contributed by atoms with Crippen molar-refractivity contribution in [2.45, 2.75) is 69.2 Å². The molecule has 3 N–H and O–H groups in total. The Hall–Kier alpha value is -4.30. The first kappa shape index (κ1) is 33.6. The number of carbonyl (C=O) groups excluding carboxylic acids is 1. The highest BCUT2D eigenvalue weighted by Gasteiger charge is 2.62. The van der Waals surface area contributed by atoms with Gasteiger partial charge in [0.25, 0.3) is 5.91 Å². The number of anilines is 2. The van der Waals surface area contributed by atoms with Gasteiger partial charge in [0.05, 0.1) is 30.3 Å². The largest absolute Gasteiger partial charge is 0.477 e. The lowest BCUT2D eigenvalue weighted by atomic mass is 10.0. The molecule has 1 atom stereocenters. The highest BCUT2D eigenvalue weighted by Crippen LogP contribution is 2.59. The van der Waals surface area contributed by atoms with Gasteiger partial charge in [-0.15, -0.1) is 5.10 Å². The predicted octanol–water partition coefficient (Wildman–Crippen LogP) is 6.92. The van der Waals surface area contributed by atoms with E-state index in [1.54, 1.807) is 24.4 Å². The van der Waals surface area contributed by atoms with Crippen molar-refractivity contribution >= 4 is 29.5 Å². The van der Waals surface area contributed by atoms with E-state index in [0.29, 0.717) is 41.3 Å². The van der Waals surface area contributed by atoms with Gasteiger partial charge in [-0.25, -0.2) is 14.6 Å². The van der Waals surface area contributed by atoms with E-state index >= 15 is 0 Å². The molecule has 1 aromatic carbocycles. The number of halogens is 3. The molecule has 6 rings (SSSR count). The van der Waals surface area contributed by atoms with Crippen molar-refractivity contribution in [2.24, 2.45) is 5.41 Å².